The SMILES string of the molecule is O=[N+]([O-])c1ccc(OS(=O)(=O)[O-])c(O)c1. The Balaban J connectivity index is 3.09. The van der Waals surface area contributed by atoms with Gasteiger partial charge in [-0.2, -0.15) is 0 Å². The predicted octanol–water partition coefficient (Wildman–Crippen LogP) is 0.139. The van der Waals surface area contributed by atoms with E-state index in [1.807, 2.05) is 0 Å². The average Bonchev–Trinajstić information content (AvgIpc) is 2.05. The number of phenols is 1. The third-order valence-electron chi connectivity index (χ3n) is 1.35. The second-order valence-corrected chi connectivity index (χ2v) is 3.38. The molecule has 0 aliphatic rings. The molecule has 0 saturated heterocycles. The molecule has 0 unspecified atom stereocenters. The van der Waals surface area contributed by atoms with Gasteiger partial charge in [-0.3, -0.25) is 10.1 Å². The number of phenolic OH excluding ortho intramolecular Hbond substituents is 1. The van der Waals surface area contributed by atoms with Crippen molar-refractivity contribution in [3.05, 3.63) is 28.3 Å². The number of nitro groups is 1. The molecule has 0 fully saturated rings. The molecule has 15 heavy (non-hydrogen) atoms. The zero-order valence-corrected chi connectivity index (χ0v) is 7.80. The number of hydrogen-bond donors (Lipinski definition) is 1. The smallest absolute Gasteiger partial charge is 0.273 e. The first-order chi connectivity index (χ1) is 6.79. The summed E-state index contributed by atoms with van der Waals surface area (Å²) in [6.07, 6.45) is 0. The van der Waals surface area contributed by atoms with Gasteiger partial charge in [0.1, 0.15) is 0 Å². The Hall–Kier alpha value is -1.87. The maximum absolute atomic E-state index is 10.2. The molecular formula is C6H4NO7S-. The van der Waals surface area contributed by atoms with E-state index in [4.69, 9.17) is 5.11 Å². The summed E-state index contributed by atoms with van der Waals surface area (Å²) in [4.78, 5) is 9.43. The van der Waals surface area contributed by atoms with Crippen LogP contribution in [0.3, 0.4) is 0 Å². The van der Waals surface area contributed by atoms with Crippen LogP contribution in [-0.4, -0.2) is 23.0 Å². The lowest BCUT2D eigenvalue weighted by Crippen LogP contribution is -2.07. The van der Waals surface area contributed by atoms with Crippen LogP contribution in [0.4, 0.5) is 5.69 Å². The van der Waals surface area contributed by atoms with Gasteiger partial charge in [-0.1, -0.05) is 0 Å². The minimum absolute atomic E-state index is 0.455. The molecule has 9 heteroatoms. The largest absolute Gasteiger partial charge is 0.716 e. The van der Waals surface area contributed by atoms with Crippen molar-refractivity contribution in [3.8, 4) is 11.5 Å². The van der Waals surface area contributed by atoms with E-state index in [1.165, 1.54) is 0 Å². The molecule has 1 aromatic carbocycles. The molecule has 0 saturated carbocycles. The molecule has 0 aromatic heterocycles. The van der Waals surface area contributed by atoms with Crippen LogP contribution in [0.15, 0.2) is 18.2 Å². The van der Waals surface area contributed by atoms with Gasteiger partial charge >= 0.3 is 0 Å². The van der Waals surface area contributed by atoms with Crippen LogP contribution in [-0.2, 0) is 10.4 Å². The highest BCUT2D eigenvalue weighted by atomic mass is 32.3. The Kier molecular flexibility index (Phi) is 2.77. The Labute approximate surface area is 83.8 Å². The van der Waals surface area contributed by atoms with Crippen LogP contribution in [0.2, 0.25) is 0 Å². The molecule has 1 rings (SSSR count). The van der Waals surface area contributed by atoms with Gasteiger partial charge in [0.15, 0.2) is 11.5 Å². The maximum atomic E-state index is 10.2. The Morgan fingerprint density at radius 2 is 2.00 bits per heavy atom. The topological polar surface area (TPSA) is 130 Å². The minimum atomic E-state index is -5.01. The van der Waals surface area contributed by atoms with Gasteiger partial charge < -0.3 is 13.8 Å². The number of aromatic hydroxyl groups is 1. The standard InChI is InChI=1S/C6H5NO7S/c8-5-3-4(7(9)10)1-2-6(5)14-15(11,12)13/h1-3,8H,(H,11,12,13)/p-1. The second kappa shape index (κ2) is 3.71. The van der Waals surface area contributed by atoms with Crippen LogP contribution in [0.25, 0.3) is 0 Å². The van der Waals surface area contributed by atoms with Crippen LogP contribution < -0.4 is 4.18 Å². The summed E-state index contributed by atoms with van der Waals surface area (Å²) >= 11 is 0. The average molecular weight is 234 g/mol. The molecule has 0 heterocycles. The van der Waals surface area contributed by atoms with Crippen molar-refractivity contribution in [1.82, 2.24) is 0 Å². The third-order valence-corrected chi connectivity index (χ3v) is 1.73. The van der Waals surface area contributed by atoms with E-state index in [1.54, 1.807) is 0 Å². The maximum Gasteiger partial charge on any atom is 0.273 e. The normalized spacial score (nSPS) is 11.0. The number of non-ortho nitro benzene ring substituents is 1. The van der Waals surface area contributed by atoms with Gasteiger partial charge in [0.2, 0.25) is 0 Å². The van der Waals surface area contributed by atoms with Crippen molar-refractivity contribution >= 4 is 16.1 Å². The van der Waals surface area contributed by atoms with Gasteiger partial charge in [0, 0.05) is 6.07 Å². The lowest BCUT2D eigenvalue weighted by molar-refractivity contribution is -0.384. The molecule has 0 aliphatic carbocycles. The summed E-state index contributed by atoms with van der Waals surface area (Å²) in [6, 6.07) is 2.36. The summed E-state index contributed by atoms with van der Waals surface area (Å²) < 4.78 is 34.3. The summed E-state index contributed by atoms with van der Waals surface area (Å²) in [5, 5.41) is 19.3. The molecule has 1 N–H and O–H groups in total. The van der Waals surface area contributed by atoms with Crippen molar-refractivity contribution in [2.24, 2.45) is 0 Å². The molecule has 1 aromatic rings. The monoisotopic (exact) mass is 234 g/mol. The number of hydrogen-bond acceptors (Lipinski definition) is 7. The molecule has 0 radical (unpaired) electrons. The van der Waals surface area contributed by atoms with Crippen molar-refractivity contribution in [2.45, 2.75) is 0 Å². The summed E-state index contributed by atoms with van der Waals surface area (Å²) in [7, 11) is -5.01. The molecule has 8 nitrogen and oxygen atoms in total. The van der Waals surface area contributed by atoms with E-state index < -0.39 is 32.5 Å². The molecular weight excluding hydrogens is 230 g/mol. The highest BCUT2D eigenvalue weighted by Gasteiger charge is 2.12. The fourth-order valence-corrected chi connectivity index (χ4v) is 1.16. The fourth-order valence-electron chi connectivity index (χ4n) is 0.800. The van der Waals surface area contributed by atoms with E-state index in [0.29, 0.717) is 6.07 Å². The number of rotatable bonds is 3. The molecule has 0 bridgehead atoms. The Morgan fingerprint density at radius 3 is 2.40 bits per heavy atom. The van der Waals surface area contributed by atoms with Crippen molar-refractivity contribution in [2.75, 3.05) is 0 Å². The van der Waals surface area contributed by atoms with Crippen molar-refractivity contribution in [3.63, 3.8) is 0 Å². The van der Waals surface area contributed by atoms with Crippen molar-refractivity contribution < 1.29 is 27.2 Å². The number of nitrogens with zero attached hydrogens (tertiary/aromatic N) is 1. The number of benzene rings is 1. The first-order valence-corrected chi connectivity index (χ1v) is 4.75. The van der Waals surface area contributed by atoms with Crippen LogP contribution in [0.1, 0.15) is 0 Å². The zero-order valence-electron chi connectivity index (χ0n) is 6.98. The van der Waals surface area contributed by atoms with E-state index in [9.17, 15) is 23.1 Å². The van der Waals surface area contributed by atoms with E-state index in [0.717, 1.165) is 12.1 Å². The van der Waals surface area contributed by atoms with Crippen LogP contribution >= 0.6 is 0 Å². The molecule has 0 aliphatic heterocycles. The Morgan fingerprint density at radius 1 is 1.40 bits per heavy atom. The zero-order chi connectivity index (χ0) is 11.6. The van der Waals surface area contributed by atoms with Gasteiger partial charge in [-0.25, -0.2) is 8.42 Å². The van der Waals surface area contributed by atoms with E-state index in [-0.39, 0.29) is 0 Å². The quantitative estimate of drug-likeness (QED) is 0.340. The molecule has 82 valence electrons. The third kappa shape index (κ3) is 3.07. The van der Waals surface area contributed by atoms with Crippen LogP contribution in [0, 0.1) is 10.1 Å². The Bertz CT molecular complexity index is 494. The summed E-state index contributed by atoms with van der Waals surface area (Å²) in [6.45, 7) is 0. The molecule has 0 atom stereocenters. The lowest BCUT2D eigenvalue weighted by atomic mass is 10.3. The van der Waals surface area contributed by atoms with Gasteiger partial charge in [-0.15, -0.1) is 0 Å². The predicted molar refractivity (Wildman–Crippen MR) is 45.1 cm³/mol. The summed E-state index contributed by atoms with van der Waals surface area (Å²) in [5.74, 6) is -1.46. The van der Waals surface area contributed by atoms with E-state index >= 15 is 0 Å². The van der Waals surface area contributed by atoms with Gasteiger partial charge in [0.25, 0.3) is 16.1 Å². The molecule has 0 amide bonds. The summed E-state index contributed by atoms with van der Waals surface area (Å²) in [5.41, 5.74) is -0.455. The fraction of sp³-hybridized carbons (Fsp3) is 0. The first-order valence-electron chi connectivity index (χ1n) is 3.42. The van der Waals surface area contributed by atoms with Crippen LogP contribution in [0.5, 0.6) is 11.5 Å². The highest BCUT2D eigenvalue weighted by molar-refractivity contribution is 7.81. The first kappa shape index (κ1) is 11.2. The number of nitro benzene ring substituents is 1. The van der Waals surface area contributed by atoms with Crippen molar-refractivity contribution in [1.29, 1.82) is 0 Å². The minimum Gasteiger partial charge on any atom is -0.716 e. The second-order valence-electron chi connectivity index (χ2n) is 2.40. The lowest BCUT2D eigenvalue weighted by Gasteiger charge is -2.09. The molecule has 0 spiro atoms. The van der Waals surface area contributed by atoms with E-state index in [2.05, 4.69) is 4.18 Å². The van der Waals surface area contributed by atoms with Gasteiger partial charge in [0.05, 0.1) is 11.0 Å². The highest BCUT2D eigenvalue weighted by Crippen LogP contribution is 2.30. The van der Waals surface area contributed by atoms with Gasteiger partial charge in [-0.05, 0) is 6.07 Å².